The summed E-state index contributed by atoms with van der Waals surface area (Å²) in [5.41, 5.74) is 1.00. The number of esters is 3. The van der Waals surface area contributed by atoms with Gasteiger partial charge >= 0.3 is 17.9 Å². The van der Waals surface area contributed by atoms with Crippen LogP contribution in [0.5, 0.6) is 5.75 Å². The lowest BCUT2D eigenvalue weighted by molar-refractivity contribution is -0.149. The summed E-state index contributed by atoms with van der Waals surface area (Å²) < 4.78 is 51.3. The van der Waals surface area contributed by atoms with E-state index >= 15 is 0 Å². The highest BCUT2D eigenvalue weighted by atomic mass is 127. The van der Waals surface area contributed by atoms with Crippen LogP contribution in [0.1, 0.15) is 47.7 Å². The number of ether oxygens (including phenoxy) is 3. The lowest BCUT2D eigenvalue weighted by atomic mass is 9.78. The number of hydrogen-bond donors (Lipinski definition) is 1. The van der Waals surface area contributed by atoms with Crippen LogP contribution < -0.4 is 4.74 Å². The molecule has 2 aromatic carbocycles. The van der Waals surface area contributed by atoms with Crippen molar-refractivity contribution in [3.63, 3.8) is 0 Å². The second-order valence-corrected chi connectivity index (χ2v) is 12.7. The van der Waals surface area contributed by atoms with Crippen molar-refractivity contribution in [3.05, 3.63) is 56.7 Å². The minimum Gasteiger partial charge on any atom is -0.458 e. The number of hydrogen-bond acceptors (Lipinski definition) is 8. The van der Waals surface area contributed by atoms with Gasteiger partial charge in [-0.2, -0.15) is 8.42 Å². The van der Waals surface area contributed by atoms with Crippen LogP contribution >= 0.6 is 22.6 Å². The molecule has 6 atom stereocenters. The predicted octanol–water partition coefficient (Wildman–Crippen LogP) is 3.91. The summed E-state index contributed by atoms with van der Waals surface area (Å²) in [6.07, 6.45) is -0.880. The van der Waals surface area contributed by atoms with Crippen LogP contribution in [0.3, 0.4) is 0 Å². The molecule has 1 aliphatic heterocycles. The predicted molar refractivity (Wildman–Crippen MR) is 138 cm³/mol. The molecule has 3 fully saturated rings. The monoisotopic (exact) mass is 640 g/mol. The van der Waals surface area contributed by atoms with Gasteiger partial charge in [0, 0.05) is 15.4 Å². The molecule has 9 nitrogen and oxygen atoms in total. The lowest BCUT2D eigenvalue weighted by Gasteiger charge is -2.30. The van der Waals surface area contributed by atoms with Crippen LogP contribution in [0, 0.1) is 34.2 Å². The summed E-state index contributed by atoms with van der Waals surface area (Å²) in [7, 11) is -4.48. The fraction of sp³-hybridized carbons (Fsp3) is 0.423. The van der Waals surface area contributed by atoms with Crippen molar-refractivity contribution in [2.45, 2.75) is 50.2 Å². The number of fused-ring (bicyclic) bond motifs is 1. The molecular formula is C26H25IO9S. The maximum atomic E-state index is 13.5. The van der Waals surface area contributed by atoms with Crippen molar-refractivity contribution >= 4 is 50.6 Å². The molecule has 2 aromatic rings. The topological polar surface area (TPSA) is 133 Å². The lowest BCUT2D eigenvalue weighted by Crippen LogP contribution is -2.44. The van der Waals surface area contributed by atoms with Crippen molar-refractivity contribution in [1.29, 1.82) is 0 Å². The molecule has 11 heteroatoms. The third kappa shape index (κ3) is 4.54. The van der Waals surface area contributed by atoms with E-state index in [1.165, 1.54) is 12.1 Å². The van der Waals surface area contributed by atoms with Crippen LogP contribution in [0.4, 0.5) is 0 Å². The van der Waals surface area contributed by atoms with Gasteiger partial charge in [-0.25, -0.2) is 4.79 Å². The van der Waals surface area contributed by atoms with Gasteiger partial charge in [0.05, 0.1) is 22.3 Å². The van der Waals surface area contributed by atoms with E-state index < -0.39 is 58.0 Å². The van der Waals surface area contributed by atoms with Crippen LogP contribution in [0.15, 0.2) is 41.3 Å². The van der Waals surface area contributed by atoms with Gasteiger partial charge in [-0.3, -0.25) is 14.1 Å². The molecule has 3 aliphatic rings. The average molecular weight is 640 g/mol. The molecule has 196 valence electrons. The van der Waals surface area contributed by atoms with E-state index in [2.05, 4.69) is 22.6 Å². The van der Waals surface area contributed by atoms with Crippen LogP contribution in [-0.4, -0.2) is 43.1 Å². The van der Waals surface area contributed by atoms with Crippen molar-refractivity contribution in [2.24, 2.45) is 23.7 Å². The number of aryl methyl sites for hydroxylation is 1. The fourth-order valence-corrected chi connectivity index (χ4v) is 7.38. The quantitative estimate of drug-likeness (QED) is 0.216. The van der Waals surface area contributed by atoms with Crippen LogP contribution in [-0.2, 0) is 29.2 Å². The molecule has 1 saturated heterocycles. The van der Waals surface area contributed by atoms with E-state index in [0.29, 0.717) is 23.1 Å². The van der Waals surface area contributed by atoms with E-state index in [9.17, 15) is 27.4 Å². The molecule has 1 heterocycles. The van der Waals surface area contributed by atoms with Gasteiger partial charge in [0.1, 0.15) is 18.0 Å². The van der Waals surface area contributed by atoms with Gasteiger partial charge in [-0.15, -0.1) is 0 Å². The van der Waals surface area contributed by atoms with Crippen molar-refractivity contribution in [1.82, 2.24) is 0 Å². The summed E-state index contributed by atoms with van der Waals surface area (Å²) in [4.78, 5) is 38.8. The Labute approximate surface area is 227 Å². The highest BCUT2D eigenvalue weighted by Crippen LogP contribution is 2.59. The van der Waals surface area contributed by atoms with E-state index in [1.54, 1.807) is 39.0 Å². The number of rotatable bonds is 6. The highest BCUT2D eigenvalue weighted by Gasteiger charge is 2.70. The third-order valence-electron chi connectivity index (χ3n) is 7.54. The molecule has 2 aliphatic carbocycles. The van der Waals surface area contributed by atoms with Gasteiger partial charge in [-0.05, 0) is 83.3 Å². The molecular weight excluding hydrogens is 615 g/mol. The zero-order valence-corrected chi connectivity index (χ0v) is 23.2. The van der Waals surface area contributed by atoms with Crippen molar-refractivity contribution < 1.29 is 41.6 Å². The zero-order chi connectivity index (χ0) is 26.8. The summed E-state index contributed by atoms with van der Waals surface area (Å²) in [5.74, 6) is -4.13. The normalized spacial score (nSPS) is 27.9. The van der Waals surface area contributed by atoms with Gasteiger partial charge in [-0.1, -0.05) is 19.9 Å². The molecule has 6 unspecified atom stereocenters. The Bertz CT molecular complexity index is 1420. The zero-order valence-electron chi connectivity index (χ0n) is 20.2. The van der Waals surface area contributed by atoms with E-state index in [0.717, 1.165) is 3.57 Å². The highest BCUT2D eigenvalue weighted by molar-refractivity contribution is 14.1. The van der Waals surface area contributed by atoms with Gasteiger partial charge in [0.2, 0.25) is 0 Å². The first kappa shape index (κ1) is 26.1. The second-order valence-electron chi connectivity index (χ2n) is 10.1. The maximum Gasteiger partial charge on any atom is 0.338 e. The summed E-state index contributed by atoms with van der Waals surface area (Å²) >= 11 is 2.09. The molecule has 2 saturated carbocycles. The number of benzene rings is 2. The Morgan fingerprint density at radius 2 is 1.89 bits per heavy atom. The molecule has 37 heavy (non-hydrogen) atoms. The Hall–Kier alpha value is -2.51. The molecule has 1 N–H and O–H groups in total. The minimum atomic E-state index is -4.48. The molecule has 5 rings (SSSR count). The van der Waals surface area contributed by atoms with E-state index in [-0.39, 0.29) is 22.5 Å². The summed E-state index contributed by atoms with van der Waals surface area (Å²) in [6, 6.07) is 9.61. The molecule has 2 bridgehead atoms. The number of carbonyl (C=O) groups is 3. The minimum absolute atomic E-state index is 0.138. The molecule has 0 radical (unpaired) electrons. The Morgan fingerprint density at radius 1 is 1.16 bits per heavy atom. The van der Waals surface area contributed by atoms with Crippen LogP contribution in [0.2, 0.25) is 0 Å². The van der Waals surface area contributed by atoms with Gasteiger partial charge in [0.25, 0.3) is 10.1 Å². The molecule has 0 amide bonds. The standard InChI is InChI=1S/C26H25IO9S/c1-11(2)15-10-18(12(3)7-19(15)37(31,32)33)34-25(29)20-16-9-17-21(20)26(30)36-23(17)22(16)35-24(28)13-5-4-6-14(27)8-13/h4-8,10-11,16-17,20-23H,9H2,1-3H3,(H,31,32,33). The first-order valence-corrected chi connectivity index (χ1v) is 14.4. The Balaban J connectivity index is 1.42. The van der Waals surface area contributed by atoms with Gasteiger partial charge < -0.3 is 14.2 Å². The Morgan fingerprint density at radius 3 is 2.54 bits per heavy atom. The average Bonchev–Trinajstić information content (AvgIpc) is 3.43. The summed E-state index contributed by atoms with van der Waals surface area (Å²) in [6.45, 7) is 5.07. The van der Waals surface area contributed by atoms with Crippen molar-refractivity contribution in [2.75, 3.05) is 0 Å². The van der Waals surface area contributed by atoms with Crippen molar-refractivity contribution in [3.8, 4) is 5.75 Å². The third-order valence-corrected chi connectivity index (χ3v) is 9.12. The smallest absolute Gasteiger partial charge is 0.338 e. The SMILES string of the molecule is Cc1cc(S(=O)(=O)O)c(C(C)C)cc1OC(=O)C1C2CC3C(OC(=O)C31)C2OC(=O)c1cccc(I)c1. The van der Waals surface area contributed by atoms with Crippen LogP contribution in [0.25, 0.3) is 0 Å². The number of halogens is 1. The fourth-order valence-electron chi connectivity index (χ4n) is 5.91. The number of carbonyl (C=O) groups excluding carboxylic acids is 3. The first-order valence-electron chi connectivity index (χ1n) is 11.9. The van der Waals surface area contributed by atoms with E-state index in [1.807, 2.05) is 6.07 Å². The molecule has 0 spiro atoms. The van der Waals surface area contributed by atoms with Gasteiger partial charge in [0.15, 0.2) is 0 Å². The second kappa shape index (κ2) is 9.35. The van der Waals surface area contributed by atoms with E-state index in [4.69, 9.17) is 14.2 Å². The maximum absolute atomic E-state index is 13.5. The largest absolute Gasteiger partial charge is 0.458 e. The first-order chi connectivity index (χ1) is 17.4. The molecule has 0 aromatic heterocycles. The Kier molecular flexibility index (Phi) is 6.60. The summed E-state index contributed by atoms with van der Waals surface area (Å²) in [5, 5.41) is 0.